The number of nitrogens with zero attached hydrogens (tertiary/aromatic N) is 1. The van der Waals surface area contributed by atoms with Gasteiger partial charge in [0.05, 0.1) is 5.69 Å². The Bertz CT molecular complexity index is 1030. The molecule has 4 heteroatoms. The molecule has 148 valence electrons. The summed E-state index contributed by atoms with van der Waals surface area (Å²) in [6.45, 7) is 2.06. The van der Waals surface area contributed by atoms with Gasteiger partial charge in [0.25, 0.3) is 0 Å². The standard InChI is InChI=1S/C26H20ClNOS/c1-19-2-10-23(11-3-19)29-24-12-8-22(9-13-24)28-18-20-4-14-25(15-5-20)30-26-16-6-21(27)7-17-26/h2-18H,1H3. The van der Waals surface area contributed by atoms with Crippen LogP contribution in [0.25, 0.3) is 0 Å². The average molecular weight is 430 g/mol. The van der Waals surface area contributed by atoms with Gasteiger partial charge in [0.15, 0.2) is 0 Å². The Kier molecular flexibility index (Phi) is 6.53. The van der Waals surface area contributed by atoms with E-state index >= 15 is 0 Å². The number of halogens is 1. The molecule has 0 unspecified atom stereocenters. The Morgan fingerprint density at radius 3 is 1.83 bits per heavy atom. The summed E-state index contributed by atoms with van der Waals surface area (Å²) in [5.74, 6) is 1.62. The lowest BCUT2D eigenvalue weighted by Gasteiger charge is -2.06. The minimum Gasteiger partial charge on any atom is -0.457 e. The summed E-state index contributed by atoms with van der Waals surface area (Å²) in [5.41, 5.74) is 3.14. The molecule has 30 heavy (non-hydrogen) atoms. The van der Waals surface area contributed by atoms with Crippen molar-refractivity contribution in [1.82, 2.24) is 0 Å². The number of aliphatic imine (C=N–C) groups is 1. The van der Waals surface area contributed by atoms with Crippen LogP contribution in [0.3, 0.4) is 0 Å². The maximum absolute atomic E-state index is 5.94. The fraction of sp³-hybridized carbons (Fsp3) is 0.0385. The molecular weight excluding hydrogens is 410 g/mol. The van der Waals surface area contributed by atoms with Crippen LogP contribution in [-0.2, 0) is 0 Å². The quantitative estimate of drug-likeness (QED) is 0.287. The second-order valence-electron chi connectivity index (χ2n) is 6.79. The van der Waals surface area contributed by atoms with Crippen LogP contribution < -0.4 is 4.74 Å². The molecule has 0 spiro atoms. The zero-order chi connectivity index (χ0) is 20.8. The molecular formula is C26H20ClNOS. The minimum atomic E-state index is 0.751. The second kappa shape index (κ2) is 9.66. The molecule has 0 bridgehead atoms. The zero-order valence-electron chi connectivity index (χ0n) is 16.5. The van der Waals surface area contributed by atoms with Crippen molar-refractivity contribution in [3.8, 4) is 11.5 Å². The average Bonchev–Trinajstić information content (AvgIpc) is 2.77. The van der Waals surface area contributed by atoms with Gasteiger partial charge in [-0.15, -0.1) is 0 Å². The SMILES string of the molecule is Cc1ccc(Oc2ccc(N=Cc3ccc(Sc4ccc(Cl)cc4)cc3)cc2)cc1. The molecule has 0 aliphatic rings. The Hall–Kier alpha value is -3.01. The van der Waals surface area contributed by atoms with Crippen molar-refractivity contribution in [3.63, 3.8) is 0 Å². The van der Waals surface area contributed by atoms with Crippen molar-refractivity contribution in [3.05, 3.63) is 113 Å². The molecule has 0 heterocycles. The van der Waals surface area contributed by atoms with Crippen molar-refractivity contribution in [2.45, 2.75) is 16.7 Å². The van der Waals surface area contributed by atoms with Crippen molar-refractivity contribution >= 4 is 35.3 Å². The van der Waals surface area contributed by atoms with Crippen LogP contribution in [0, 0.1) is 6.92 Å². The van der Waals surface area contributed by atoms with E-state index in [9.17, 15) is 0 Å². The molecule has 0 amide bonds. The highest BCUT2D eigenvalue weighted by molar-refractivity contribution is 7.99. The van der Waals surface area contributed by atoms with E-state index in [0.29, 0.717) is 0 Å². The summed E-state index contributed by atoms with van der Waals surface area (Å²) in [6.07, 6.45) is 1.87. The van der Waals surface area contributed by atoms with Crippen molar-refractivity contribution in [2.75, 3.05) is 0 Å². The van der Waals surface area contributed by atoms with E-state index in [0.717, 1.165) is 32.7 Å². The van der Waals surface area contributed by atoms with Gasteiger partial charge < -0.3 is 4.74 Å². The number of ether oxygens (including phenoxy) is 1. The third-order valence-corrected chi connectivity index (χ3v) is 5.65. The van der Waals surface area contributed by atoms with Gasteiger partial charge in [-0.25, -0.2) is 0 Å². The molecule has 0 radical (unpaired) electrons. The molecule has 0 saturated heterocycles. The van der Waals surface area contributed by atoms with Gasteiger partial charge in [0.1, 0.15) is 11.5 Å². The molecule has 2 nitrogen and oxygen atoms in total. The van der Waals surface area contributed by atoms with Gasteiger partial charge in [-0.05, 0) is 85.3 Å². The molecule has 0 N–H and O–H groups in total. The van der Waals surface area contributed by atoms with Gasteiger partial charge >= 0.3 is 0 Å². The van der Waals surface area contributed by atoms with Crippen molar-refractivity contribution in [2.24, 2.45) is 4.99 Å². The highest BCUT2D eigenvalue weighted by Crippen LogP contribution is 2.29. The molecule has 0 aliphatic heterocycles. The van der Waals surface area contributed by atoms with Gasteiger partial charge in [-0.3, -0.25) is 4.99 Å². The molecule has 0 fully saturated rings. The monoisotopic (exact) mass is 429 g/mol. The summed E-state index contributed by atoms with van der Waals surface area (Å²) in [7, 11) is 0. The predicted molar refractivity (Wildman–Crippen MR) is 127 cm³/mol. The lowest BCUT2D eigenvalue weighted by atomic mass is 10.2. The largest absolute Gasteiger partial charge is 0.457 e. The van der Waals surface area contributed by atoms with Gasteiger partial charge in [0, 0.05) is 21.0 Å². The molecule has 0 saturated carbocycles. The van der Waals surface area contributed by atoms with Crippen molar-refractivity contribution < 1.29 is 4.74 Å². The van der Waals surface area contributed by atoms with Crippen LogP contribution in [0.1, 0.15) is 11.1 Å². The molecule has 4 rings (SSSR count). The van der Waals surface area contributed by atoms with E-state index in [1.807, 2.05) is 79.0 Å². The Labute approximate surface area is 186 Å². The lowest BCUT2D eigenvalue weighted by Crippen LogP contribution is -1.84. The van der Waals surface area contributed by atoms with Crippen LogP contribution in [0.15, 0.2) is 112 Å². The first-order chi connectivity index (χ1) is 14.6. The number of rotatable bonds is 6. The van der Waals surface area contributed by atoms with Crippen LogP contribution in [0.4, 0.5) is 5.69 Å². The summed E-state index contributed by atoms with van der Waals surface area (Å²) in [4.78, 5) is 6.89. The fourth-order valence-corrected chi connectivity index (χ4v) is 3.69. The van der Waals surface area contributed by atoms with E-state index < -0.39 is 0 Å². The van der Waals surface area contributed by atoms with E-state index in [-0.39, 0.29) is 0 Å². The van der Waals surface area contributed by atoms with Crippen molar-refractivity contribution in [1.29, 1.82) is 0 Å². The summed E-state index contributed by atoms with van der Waals surface area (Å²) < 4.78 is 5.86. The first kappa shape index (κ1) is 20.3. The Balaban J connectivity index is 1.36. The van der Waals surface area contributed by atoms with E-state index in [1.165, 1.54) is 10.5 Å². The van der Waals surface area contributed by atoms with Crippen LogP contribution in [0.2, 0.25) is 5.02 Å². The molecule has 0 aliphatic carbocycles. The number of hydrogen-bond donors (Lipinski definition) is 0. The van der Waals surface area contributed by atoms with Crippen LogP contribution in [-0.4, -0.2) is 6.21 Å². The molecule has 0 atom stereocenters. The van der Waals surface area contributed by atoms with E-state index in [4.69, 9.17) is 16.3 Å². The summed E-state index contributed by atoms with van der Waals surface area (Å²) in [6, 6.07) is 31.9. The van der Waals surface area contributed by atoms with Gasteiger partial charge in [-0.2, -0.15) is 0 Å². The molecule has 4 aromatic carbocycles. The maximum atomic E-state index is 5.94. The summed E-state index contributed by atoms with van der Waals surface area (Å²) >= 11 is 7.65. The highest BCUT2D eigenvalue weighted by atomic mass is 35.5. The normalized spacial score (nSPS) is 11.0. The molecule has 0 aromatic heterocycles. The summed E-state index contributed by atoms with van der Waals surface area (Å²) in [5, 5.41) is 0.751. The second-order valence-corrected chi connectivity index (χ2v) is 8.38. The smallest absolute Gasteiger partial charge is 0.127 e. The first-order valence-electron chi connectivity index (χ1n) is 9.56. The lowest BCUT2D eigenvalue weighted by molar-refractivity contribution is 0.482. The third-order valence-electron chi connectivity index (χ3n) is 4.39. The number of aryl methyl sites for hydroxylation is 1. The minimum absolute atomic E-state index is 0.751. The first-order valence-corrected chi connectivity index (χ1v) is 10.8. The maximum Gasteiger partial charge on any atom is 0.127 e. The Morgan fingerprint density at radius 2 is 1.23 bits per heavy atom. The van der Waals surface area contributed by atoms with Crippen LogP contribution >= 0.6 is 23.4 Å². The fourth-order valence-electron chi connectivity index (χ4n) is 2.75. The van der Waals surface area contributed by atoms with Crippen LogP contribution in [0.5, 0.6) is 11.5 Å². The van der Waals surface area contributed by atoms with E-state index in [2.05, 4.69) is 36.2 Å². The van der Waals surface area contributed by atoms with Gasteiger partial charge in [0.2, 0.25) is 0 Å². The third kappa shape index (κ3) is 5.76. The Morgan fingerprint density at radius 1 is 0.700 bits per heavy atom. The predicted octanol–water partition coefficient (Wildman–Crippen LogP) is 8.34. The number of hydrogen-bond acceptors (Lipinski definition) is 3. The highest BCUT2D eigenvalue weighted by Gasteiger charge is 1.99. The topological polar surface area (TPSA) is 21.6 Å². The zero-order valence-corrected chi connectivity index (χ0v) is 18.0. The van der Waals surface area contributed by atoms with E-state index in [1.54, 1.807) is 11.8 Å². The molecule has 4 aromatic rings. The van der Waals surface area contributed by atoms with Gasteiger partial charge in [-0.1, -0.05) is 53.2 Å². The number of benzene rings is 4.